The Bertz CT molecular complexity index is 1130. The molecule has 198 valence electrons. The molecule has 8 heteroatoms. The van der Waals surface area contributed by atoms with E-state index < -0.39 is 28.8 Å². The number of aromatic hydroxyl groups is 1. The lowest BCUT2D eigenvalue weighted by Crippen LogP contribution is -2.33. The summed E-state index contributed by atoms with van der Waals surface area (Å²) >= 11 is 1.76. The van der Waals surface area contributed by atoms with E-state index in [9.17, 15) is 19.5 Å². The van der Waals surface area contributed by atoms with Gasteiger partial charge in [0.05, 0.1) is 7.11 Å². The zero-order valence-electron chi connectivity index (χ0n) is 22.4. The Morgan fingerprint density at radius 1 is 1.19 bits per heavy atom. The number of ketones is 1. The van der Waals surface area contributed by atoms with Crippen LogP contribution in [0.4, 0.5) is 4.79 Å². The number of thiophene rings is 1. The Hall–Kier alpha value is -2.74. The number of carbonyl (C=O) groups is 2. The average Bonchev–Trinajstić information content (AvgIpc) is 3.22. The third kappa shape index (κ3) is 8.15. The second-order valence-electron chi connectivity index (χ2n) is 10.5. The second kappa shape index (κ2) is 13.0. The summed E-state index contributed by atoms with van der Waals surface area (Å²) in [5.41, 5.74) is -1.52. The zero-order chi connectivity index (χ0) is 27.0. The van der Waals surface area contributed by atoms with Crippen LogP contribution in [0.1, 0.15) is 92.6 Å². The van der Waals surface area contributed by atoms with Gasteiger partial charge in [-0.25, -0.2) is 9.59 Å². The number of unbranched alkanes of at least 4 members (excludes halogenated alkanes) is 1. The van der Waals surface area contributed by atoms with Crippen molar-refractivity contribution in [1.29, 1.82) is 0 Å². The van der Waals surface area contributed by atoms with Crippen LogP contribution in [-0.2, 0) is 17.6 Å². The van der Waals surface area contributed by atoms with Gasteiger partial charge in [0.25, 0.3) is 0 Å². The number of carbonyl (C=O) groups excluding carboxylic acids is 2. The molecule has 1 amide bonds. The third-order valence-electron chi connectivity index (χ3n) is 6.55. The number of amides is 1. The largest absolute Gasteiger partial charge is 0.507 e. The van der Waals surface area contributed by atoms with Gasteiger partial charge >= 0.3 is 11.7 Å². The molecule has 0 spiro atoms. The molecule has 2 heterocycles. The summed E-state index contributed by atoms with van der Waals surface area (Å²) in [5, 5.41) is 10.6. The van der Waals surface area contributed by atoms with Crippen molar-refractivity contribution >= 4 is 29.4 Å². The van der Waals surface area contributed by atoms with Crippen LogP contribution in [0.5, 0.6) is 5.75 Å². The van der Waals surface area contributed by atoms with Crippen LogP contribution in [0.15, 0.2) is 32.4 Å². The minimum Gasteiger partial charge on any atom is -0.507 e. The minimum absolute atomic E-state index is 0.160. The van der Waals surface area contributed by atoms with Crippen molar-refractivity contribution in [2.75, 3.05) is 7.11 Å². The van der Waals surface area contributed by atoms with Crippen LogP contribution in [0.25, 0.3) is 0 Å². The summed E-state index contributed by atoms with van der Waals surface area (Å²) in [6.07, 6.45) is 4.46. The molecule has 36 heavy (non-hydrogen) atoms. The quantitative estimate of drug-likeness (QED) is 0.188. The van der Waals surface area contributed by atoms with E-state index in [1.807, 2.05) is 20.8 Å². The van der Waals surface area contributed by atoms with E-state index in [0.717, 1.165) is 6.42 Å². The minimum atomic E-state index is -0.813. The fourth-order valence-corrected chi connectivity index (χ4v) is 5.49. The van der Waals surface area contributed by atoms with E-state index >= 15 is 0 Å². The molecule has 0 saturated carbocycles. The van der Waals surface area contributed by atoms with Gasteiger partial charge in [0.15, 0.2) is 5.78 Å². The Morgan fingerprint density at radius 2 is 1.86 bits per heavy atom. The first kappa shape index (κ1) is 29.5. The van der Waals surface area contributed by atoms with Crippen molar-refractivity contribution in [2.45, 2.75) is 79.6 Å². The number of hydrogen-bond acceptors (Lipinski definition) is 7. The van der Waals surface area contributed by atoms with Gasteiger partial charge in [0, 0.05) is 33.9 Å². The summed E-state index contributed by atoms with van der Waals surface area (Å²) in [6.45, 7) is 12.1. The highest BCUT2D eigenvalue weighted by atomic mass is 32.1. The maximum absolute atomic E-state index is 13.3. The third-order valence-corrected chi connectivity index (χ3v) is 7.65. The molecule has 0 aliphatic heterocycles. The van der Waals surface area contributed by atoms with Crippen molar-refractivity contribution in [1.82, 2.24) is 0 Å². The van der Waals surface area contributed by atoms with Gasteiger partial charge in [-0.1, -0.05) is 41.5 Å². The van der Waals surface area contributed by atoms with Crippen molar-refractivity contribution in [3.8, 4) is 5.75 Å². The molecule has 2 aromatic rings. The summed E-state index contributed by atoms with van der Waals surface area (Å²) < 4.78 is 9.91. The predicted octanol–water partition coefficient (Wildman–Crippen LogP) is 6.80. The summed E-state index contributed by atoms with van der Waals surface area (Å²) in [6, 6.07) is 5.64. The molecule has 0 aromatic carbocycles. The smallest absolute Gasteiger partial charge is 0.432 e. The molecule has 0 radical (unpaired) electrons. The topological polar surface area (TPSA) is 106 Å². The SMILES string of the molecule is COC(=O)N=CCCCC(C)c1cc(O)c(C(=O)C(C)C(C)(C)Cc2ccc(CC(C)C)s2)c(=O)o1. The van der Waals surface area contributed by atoms with Gasteiger partial charge in [-0.3, -0.25) is 4.79 Å². The predicted molar refractivity (Wildman–Crippen MR) is 144 cm³/mol. The Kier molecular flexibility index (Phi) is 10.6. The van der Waals surface area contributed by atoms with E-state index in [-0.39, 0.29) is 17.2 Å². The van der Waals surface area contributed by atoms with E-state index in [4.69, 9.17) is 4.42 Å². The molecule has 2 aromatic heterocycles. The van der Waals surface area contributed by atoms with Crippen molar-refractivity contribution in [3.05, 3.63) is 49.7 Å². The molecular formula is C28H39NO6S. The van der Waals surface area contributed by atoms with E-state index in [2.05, 4.69) is 35.7 Å². The molecular weight excluding hydrogens is 478 g/mol. The van der Waals surface area contributed by atoms with Crippen molar-refractivity contribution < 1.29 is 23.8 Å². The number of Topliss-reactive ketones (excluding diaryl/α,β-unsaturated/α-hetero) is 1. The molecule has 0 aliphatic carbocycles. The Morgan fingerprint density at radius 3 is 2.47 bits per heavy atom. The van der Waals surface area contributed by atoms with Gasteiger partial charge in [0.1, 0.15) is 17.1 Å². The fraction of sp³-hybridized carbons (Fsp3) is 0.571. The molecule has 2 rings (SSSR count). The monoisotopic (exact) mass is 517 g/mol. The normalized spacial score (nSPS) is 13.8. The van der Waals surface area contributed by atoms with Crippen LogP contribution >= 0.6 is 11.3 Å². The first-order valence-corrected chi connectivity index (χ1v) is 13.3. The van der Waals surface area contributed by atoms with Gasteiger partial charge in [-0.05, 0) is 55.6 Å². The lowest BCUT2D eigenvalue weighted by atomic mass is 9.73. The number of rotatable bonds is 12. The molecule has 2 unspecified atom stereocenters. The zero-order valence-corrected chi connectivity index (χ0v) is 23.2. The maximum Gasteiger partial charge on any atom is 0.432 e. The fourth-order valence-electron chi connectivity index (χ4n) is 4.02. The molecule has 1 N–H and O–H groups in total. The Labute approximate surface area is 217 Å². The number of hydrogen-bond donors (Lipinski definition) is 1. The average molecular weight is 518 g/mol. The van der Waals surface area contributed by atoms with Crippen molar-refractivity contribution in [2.24, 2.45) is 22.2 Å². The molecule has 2 atom stereocenters. The highest BCUT2D eigenvalue weighted by Gasteiger charge is 2.35. The molecule has 0 bridgehead atoms. The van der Waals surface area contributed by atoms with Gasteiger partial charge in [0.2, 0.25) is 0 Å². The lowest BCUT2D eigenvalue weighted by Gasteiger charge is -2.30. The van der Waals surface area contributed by atoms with Gasteiger partial charge in [-0.15, -0.1) is 11.3 Å². The van der Waals surface area contributed by atoms with Crippen LogP contribution in [0.2, 0.25) is 0 Å². The first-order chi connectivity index (χ1) is 16.9. The number of ether oxygens (including phenoxy) is 1. The molecule has 7 nitrogen and oxygen atoms in total. The number of methoxy groups -OCH3 is 1. The summed E-state index contributed by atoms with van der Waals surface area (Å²) in [7, 11) is 1.26. The maximum atomic E-state index is 13.3. The van der Waals surface area contributed by atoms with E-state index in [0.29, 0.717) is 37.4 Å². The van der Waals surface area contributed by atoms with Crippen LogP contribution in [-0.4, -0.2) is 30.3 Å². The van der Waals surface area contributed by atoms with Crippen LogP contribution in [0.3, 0.4) is 0 Å². The highest BCUT2D eigenvalue weighted by Crippen LogP contribution is 2.36. The number of aliphatic imine (C=N–C) groups is 1. The van der Waals surface area contributed by atoms with Crippen LogP contribution in [0, 0.1) is 17.3 Å². The second-order valence-corrected chi connectivity index (χ2v) is 11.8. The molecule has 0 fully saturated rings. The summed E-state index contributed by atoms with van der Waals surface area (Å²) in [5.74, 6) is -0.515. The van der Waals surface area contributed by atoms with Crippen LogP contribution < -0.4 is 5.63 Å². The first-order valence-electron chi connectivity index (χ1n) is 12.4. The van der Waals surface area contributed by atoms with E-state index in [1.54, 1.807) is 18.3 Å². The standard InChI is InChI=1S/C28H39NO6S/c1-17(2)14-20-11-12-21(36-20)16-28(5,6)19(4)25(31)24-22(30)15-23(35-26(24)32)18(3)10-8-9-13-29-27(33)34-7/h11-13,15,17-19,30H,8-10,14,16H2,1-7H3. The van der Waals surface area contributed by atoms with Crippen molar-refractivity contribution in [3.63, 3.8) is 0 Å². The molecule has 0 saturated heterocycles. The lowest BCUT2D eigenvalue weighted by molar-refractivity contribution is 0.0812. The highest BCUT2D eigenvalue weighted by molar-refractivity contribution is 7.12. The molecule has 0 aliphatic rings. The summed E-state index contributed by atoms with van der Waals surface area (Å²) in [4.78, 5) is 43.2. The van der Waals surface area contributed by atoms with Gasteiger partial charge in [-0.2, -0.15) is 4.99 Å². The van der Waals surface area contributed by atoms with E-state index in [1.165, 1.54) is 29.1 Å². The number of nitrogens with zero attached hydrogens (tertiary/aromatic N) is 1. The Balaban J connectivity index is 2.09. The van der Waals surface area contributed by atoms with Gasteiger partial charge < -0.3 is 14.3 Å².